The number of aromatic nitrogens is 3. The zero-order chi connectivity index (χ0) is 22.3. The highest BCUT2D eigenvalue weighted by molar-refractivity contribution is 9.10. The normalized spacial score (nSPS) is 12.2. The average molecular weight is 510 g/mol. The first kappa shape index (κ1) is 22.1. The molecule has 162 valence electrons. The summed E-state index contributed by atoms with van der Waals surface area (Å²) >= 11 is 5.12. The van der Waals surface area contributed by atoms with Crippen LogP contribution in [-0.4, -0.2) is 27.4 Å². The Kier molecular flexibility index (Phi) is 6.02. The largest absolute Gasteiger partial charge is 0.417 e. The first-order valence-electron chi connectivity index (χ1n) is 9.53. The van der Waals surface area contributed by atoms with Crippen molar-refractivity contribution in [3.63, 3.8) is 0 Å². The molecule has 0 spiro atoms. The second kappa shape index (κ2) is 8.44. The molecule has 4 nitrogen and oxygen atoms in total. The maximum Gasteiger partial charge on any atom is 0.417 e. The Balaban J connectivity index is 2.06. The van der Waals surface area contributed by atoms with Gasteiger partial charge in [0.25, 0.3) is 0 Å². The number of aryl methyl sites for hydroxylation is 1. The number of pyridine rings is 2. The number of benzene rings is 1. The number of methoxy groups -OCH3 is 1. The fraction of sp³-hybridized carbons (Fsp3) is 0.273. The second-order valence-electron chi connectivity index (χ2n) is 7.01. The van der Waals surface area contributed by atoms with Gasteiger partial charge in [-0.2, -0.15) is 13.2 Å². The minimum atomic E-state index is -4.48. The Morgan fingerprint density at radius 1 is 1.19 bits per heavy atom. The summed E-state index contributed by atoms with van der Waals surface area (Å²) in [6.07, 6.45) is -3.60. The molecule has 1 aromatic carbocycles. The smallest absolute Gasteiger partial charge is 0.364 e. The standard InChI is InChI=1S/C22H19BrF3N3OS/c1-4-31-18-7-13-5-6-15(23)9-16(13)28-20(18)21-12(2)19-17(29(21)11-30-3)8-14(10-27-19)22(24,25)26/h5-10H,4,11H2,1-3H3. The van der Waals surface area contributed by atoms with Crippen molar-refractivity contribution >= 4 is 49.6 Å². The van der Waals surface area contributed by atoms with Crippen molar-refractivity contribution in [3.05, 3.63) is 52.1 Å². The molecule has 4 aromatic rings. The number of hydrogen-bond donors (Lipinski definition) is 0. The van der Waals surface area contributed by atoms with Crippen molar-refractivity contribution in [2.45, 2.75) is 31.7 Å². The van der Waals surface area contributed by atoms with Gasteiger partial charge in [-0.25, -0.2) is 4.98 Å². The summed E-state index contributed by atoms with van der Waals surface area (Å²) in [4.78, 5) is 10.0. The Hall–Kier alpha value is -2.10. The van der Waals surface area contributed by atoms with Gasteiger partial charge in [0.15, 0.2) is 0 Å². The summed E-state index contributed by atoms with van der Waals surface area (Å²) in [5, 5.41) is 0.993. The van der Waals surface area contributed by atoms with E-state index in [1.165, 1.54) is 7.11 Å². The van der Waals surface area contributed by atoms with E-state index in [1.807, 2.05) is 25.1 Å². The topological polar surface area (TPSA) is 39.9 Å². The predicted molar refractivity (Wildman–Crippen MR) is 121 cm³/mol. The number of fused-ring (bicyclic) bond motifs is 2. The van der Waals surface area contributed by atoms with Gasteiger partial charge in [0.05, 0.1) is 27.8 Å². The lowest BCUT2D eigenvalue weighted by atomic mass is 10.1. The van der Waals surface area contributed by atoms with Gasteiger partial charge in [0.1, 0.15) is 12.4 Å². The van der Waals surface area contributed by atoms with Gasteiger partial charge in [-0.1, -0.05) is 28.9 Å². The molecule has 0 unspecified atom stereocenters. The molecule has 0 aliphatic carbocycles. The van der Waals surface area contributed by atoms with E-state index in [0.717, 1.165) is 43.9 Å². The van der Waals surface area contributed by atoms with E-state index in [4.69, 9.17) is 9.72 Å². The van der Waals surface area contributed by atoms with Crippen LogP contribution in [-0.2, 0) is 17.6 Å². The lowest BCUT2D eigenvalue weighted by Crippen LogP contribution is -2.07. The lowest BCUT2D eigenvalue weighted by molar-refractivity contribution is -0.137. The molecule has 0 aliphatic rings. The third-order valence-corrected chi connectivity index (χ3v) is 6.40. The highest BCUT2D eigenvalue weighted by Crippen LogP contribution is 2.40. The molecule has 0 N–H and O–H groups in total. The van der Waals surface area contributed by atoms with Crippen molar-refractivity contribution in [1.82, 2.24) is 14.5 Å². The number of ether oxygens (including phenoxy) is 1. The number of rotatable bonds is 5. The van der Waals surface area contributed by atoms with Crippen molar-refractivity contribution in [2.75, 3.05) is 12.9 Å². The number of hydrogen-bond acceptors (Lipinski definition) is 4. The quantitative estimate of drug-likeness (QED) is 0.270. The summed E-state index contributed by atoms with van der Waals surface area (Å²) in [5.41, 5.74) is 3.05. The molecule has 31 heavy (non-hydrogen) atoms. The monoisotopic (exact) mass is 509 g/mol. The maximum absolute atomic E-state index is 13.3. The molecule has 0 atom stereocenters. The van der Waals surface area contributed by atoms with Crippen molar-refractivity contribution in [3.8, 4) is 11.4 Å². The van der Waals surface area contributed by atoms with Gasteiger partial charge in [-0.3, -0.25) is 4.98 Å². The summed E-state index contributed by atoms with van der Waals surface area (Å²) in [6, 6.07) is 9.07. The minimum Gasteiger partial charge on any atom is -0.364 e. The summed E-state index contributed by atoms with van der Waals surface area (Å²) in [5.74, 6) is 0.830. The van der Waals surface area contributed by atoms with Crippen LogP contribution in [0.3, 0.4) is 0 Å². The highest BCUT2D eigenvalue weighted by atomic mass is 79.9. The van der Waals surface area contributed by atoms with Crippen LogP contribution in [0.1, 0.15) is 18.1 Å². The Morgan fingerprint density at radius 2 is 1.97 bits per heavy atom. The van der Waals surface area contributed by atoms with Crippen LogP contribution in [0, 0.1) is 6.92 Å². The van der Waals surface area contributed by atoms with Crippen LogP contribution in [0.15, 0.2) is 45.9 Å². The summed E-state index contributed by atoms with van der Waals surface area (Å²) in [6.45, 7) is 3.99. The van der Waals surface area contributed by atoms with E-state index < -0.39 is 11.7 Å². The molecule has 9 heteroatoms. The van der Waals surface area contributed by atoms with E-state index in [2.05, 4.69) is 33.9 Å². The van der Waals surface area contributed by atoms with Gasteiger partial charge in [-0.05, 0) is 36.9 Å². The van der Waals surface area contributed by atoms with Crippen LogP contribution in [0.2, 0.25) is 0 Å². The second-order valence-corrected chi connectivity index (χ2v) is 9.24. The maximum atomic E-state index is 13.3. The van der Waals surface area contributed by atoms with Crippen LogP contribution in [0.5, 0.6) is 0 Å². The van der Waals surface area contributed by atoms with Crippen LogP contribution in [0.25, 0.3) is 33.3 Å². The third-order valence-electron chi connectivity index (χ3n) is 4.99. The van der Waals surface area contributed by atoms with E-state index in [1.54, 1.807) is 16.3 Å². The fourth-order valence-electron chi connectivity index (χ4n) is 3.66. The van der Waals surface area contributed by atoms with E-state index in [-0.39, 0.29) is 6.73 Å². The Bertz CT molecular complexity index is 1290. The fourth-order valence-corrected chi connectivity index (χ4v) is 4.81. The van der Waals surface area contributed by atoms with Crippen molar-refractivity contribution in [1.29, 1.82) is 0 Å². The molecule has 0 fully saturated rings. The first-order chi connectivity index (χ1) is 14.7. The number of halogens is 4. The average Bonchev–Trinajstić information content (AvgIpc) is 2.99. The van der Waals surface area contributed by atoms with E-state index >= 15 is 0 Å². The minimum absolute atomic E-state index is 0.0805. The lowest BCUT2D eigenvalue weighted by Gasteiger charge is -2.15. The zero-order valence-corrected chi connectivity index (χ0v) is 19.5. The van der Waals surface area contributed by atoms with Gasteiger partial charge >= 0.3 is 6.18 Å². The molecule has 4 rings (SSSR count). The molecule has 3 heterocycles. The van der Waals surface area contributed by atoms with Gasteiger partial charge in [-0.15, -0.1) is 11.8 Å². The van der Waals surface area contributed by atoms with Gasteiger partial charge in [0.2, 0.25) is 0 Å². The molecule has 3 aromatic heterocycles. The molecule has 0 bridgehead atoms. The highest BCUT2D eigenvalue weighted by Gasteiger charge is 2.32. The number of alkyl halides is 3. The molecule has 0 radical (unpaired) electrons. The van der Waals surface area contributed by atoms with Crippen molar-refractivity contribution in [2.24, 2.45) is 0 Å². The Labute approximate surface area is 190 Å². The van der Waals surface area contributed by atoms with E-state index in [0.29, 0.717) is 22.4 Å². The molecular formula is C22H19BrF3N3OS. The summed E-state index contributed by atoms with van der Waals surface area (Å²) < 4.78 is 48.0. The summed E-state index contributed by atoms with van der Waals surface area (Å²) in [7, 11) is 1.51. The van der Waals surface area contributed by atoms with Gasteiger partial charge in [0, 0.05) is 33.6 Å². The molecule has 0 aliphatic heterocycles. The zero-order valence-electron chi connectivity index (χ0n) is 17.0. The van der Waals surface area contributed by atoms with E-state index in [9.17, 15) is 13.2 Å². The van der Waals surface area contributed by atoms with Crippen LogP contribution in [0.4, 0.5) is 13.2 Å². The molecule has 0 amide bonds. The van der Waals surface area contributed by atoms with Crippen LogP contribution < -0.4 is 0 Å². The van der Waals surface area contributed by atoms with Crippen LogP contribution >= 0.6 is 27.7 Å². The number of thioether (sulfide) groups is 1. The molecular weight excluding hydrogens is 491 g/mol. The number of nitrogens with zero attached hydrogens (tertiary/aromatic N) is 3. The molecule has 0 saturated carbocycles. The Morgan fingerprint density at radius 3 is 2.65 bits per heavy atom. The van der Waals surface area contributed by atoms with Crippen molar-refractivity contribution < 1.29 is 17.9 Å². The molecule has 0 saturated heterocycles. The SMILES string of the molecule is CCSc1cc2ccc(Br)cc2nc1-c1c(C)c2ncc(C(F)(F)F)cc2n1COC. The van der Waals surface area contributed by atoms with Gasteiger partial charge < -0.3 is 9.30 Å². The first-order valence-corrected chi connectivity index (χ1v) is 11.3. The predicted octanol–water partition coefficient (Wildman–Crippen LogP) is 7.06. The third kappa shape index (κ3) is 4.06.